The average Bonchev–Trinajstić information content (AvgIpc) is 3.62. The van der Waals surface area contributed by atoms with Crippen LogP contribution in [-0.4, -0.2) is 61.4 Å². The molecule has 0 aliphatic carbocycles. The van der Waals surface area contributed by atoms with E-state index in [-0.39, 0.29) is 12.5 Å². The number of nitrogens with one attached hydrogen (secondary N) is 1. The van der Waals surface area contributed by atoms with E-state index in [1.807, 2.05) is 43.3 Å². The summed E-state index contributed by atoms with van der Waals surface area (Å²) in [5.41, 5.74) is 6.32. The number of fused-ring (bicyclic) bond motifs is 1. The van der Waals surface area contributed by atoms with Gasteiger partial charge in [-0.2, -0.15) is 0 Å². The van der Waals surface area contributed by atoms with Gasteiger partial charge in [0.2, 0.25) is 0 Å². The van der Waals surface area contributed by atoms with Crippen LogP contribution in [0.15, 0.2) is 78.9 Å². The molecule has 6 rings (SSSR count). The Morgan fingerprint density at radius 3 is 2.44 bits per heavy atom. The number of nitrogens with zero attached hydrogens (tertiary/aromatic N) is 7. The SMILES string of the molecule is COC(=O)CN1Cc2c(nc(C)n2Cc2ccc(-c3ccccc3-c3nnn[nH]3)cc2)N(c2ccccc2)C1. The van der Waals surface area contributed by atoms with Crippen LogP contribution in [0.4, 0.5) is 11.5 Å². The van der Waals surface area contributed by atoms with Crippen LogP contribution in [0.3, 0.4) is 0 Å². The number of anilines is 2. The standard InChI is InChI=1S/C29H28N8O2/c1-20-30-29-26(17-35(18-27(38)39-2)19-37(29)23-8-4-3-5-9-23)36(20)16-21-12-14-22(15-13-21)24-10-6-7-11-25(24)28-31-33-34-32-28/h3-15H,16-19H2,1-2H3,(H,31,32,33,34). The van der Waals surface area contributed by atoms with Crippen molar-refractivity contribution < 1.29 is 9.53 Å². The summed E-state index contributed by atoms with van der Waals surface area (Å²) in [5, 5.41) is 14.4. The highest BCUT2D eigenvalue weighted by Gasteiger charge is 2.30. The molecule has 1 aliphatic heterocycles. The van der Waals surface area contributed by atoms with E-state index in [1.165, 1.54) is 7.11 Å². The second-order valence-corrected chi connectivity index (χ2v) is 9.48. The summed E-state index contributed by atoms with van der Waals surface area (Å²) in [4.78, 5) is 21.4. The quantitative estimate of drug-likeness (QED) is 0.319. The van der Waals surface area contributed by atoms with E-state index >= 15 is 0 Å². The fraction of sp³-hybridized carbons (Fsp3) is 0.207. The first-order chi connectivity index (χ1) is 19.1. The van der Waals surface area contributed by atoms with Crippen LogP contribution in [0.1, 0.15) is 17.1 Å². The number of imidazole rings is 1. The Balaban J connectivity index is 1.31. The van der Waals surface area contributed by atoms with Crippen LogP contribution in [0.5, 0.6) is 0 Å². The van der Waals surface area contributed by atoms with Crippen molar-refractivity contribution in [3.8, 4) is 22.5 Å². The number of aromatic amines is 1. The number of aryl methyl sites for hydroxylation is 1. The highest BCUT2D eigenvalue weighted by Crippen LogP contribution is 2.34. The van der Waals surface area contributed by atoms with Gasteiger partial charge in [-0.3, -0.25) is 9.69 Å². The minimum Gasteiger partial charge on any atom is -0.468 e. The summed E-state index contributed by atoms with van der Waals surface area (Å²) >= 11 is 0. The lowest BCUT2D eigenvalue weighted by atomic mass is 9.98. The minimum absolute atomic E-state index is 0.207. The molecular weight excluding hydrogens is 492 g/mol. The van der Waals surface area contributed by atoms with Crippen molar-refractivity contribution in [2.45, 2.75) is 20.0 Å². The number of methoxy groups -OCH3 is 1. The zero-order valence-electron chi connectivity index (χ0n) is 21.8. The molecule has 0 saturated carbocycles. The molecule has 3 aromatic carbocycles. The molecule has 0 radical (unpaired) electrons. The fourth-order valence-electron chi connectivity index (χ4n) is 5.06. The van der Waals surface area contributed by atoms with Crippen molar-refractivity contribution in [1.29, 1.82) is 0 Å². The molecule has 3 heterocycles. The predicted molar refractivity (Wildman–Crippen MR) is 147 cm³/mol. The minimum atomic E-state index is -0.258. The molecule has 10 heteroatoms. The van der Waals surface area contributed by atoms with Crippen LogP contribution in [0.2, 0.25) is 0 Å². The summed E-state index contributed by atoms with van der Waals surface area (Å²) in [5.74, 6) is 2.22. The van der Waals surface area contributed by atoms with Gasteiger partial charge in [-0.25, -0.2) is 10.1 Å². The van der Waals surface area contributed by atoms with E-state index in [9.17, 15) is 4.79 Å². The molecule has 1 N–H and O–H groups in total. The third kappa shape index (κ3) is 4.89. The Bertz CT molecular complexity index is 1580. The second-order valence-electron chi connectivity index (χ2n) is 9.48. The molecule has 0 atom stereocenters. The molecule has 0 saturated heterocycles. The van der Waals surface area contributed by atoms with Crippen molar-refractivity contribution in [1.82, 2.24) is 35.1 Å². The number of carbonyl (C=O) groups is 1. The number of benzene rings is 3. The summed E-state index contributed by atoms with van der Waals surface area (Å²) < 4.78 is 7.19. The maximum atomic E-state index is 12.1. The molecule has 39 heavy (non-hydrogen) atoms. The van der Waals surface area contributed by atoms with Gasteiger partial charge < -0.3 is 14.2 Å². The average molecular weight is 521 g/mol. The molecule has 196 valence electrons. The highest BCUT2D eigenvalue weighted by molar-refractivity contribution is 5.80. The monoisotopic (exact) mass is 520 g/mol. The van der Waals surface area contributed by atoms with E-state index in [0.29, 0.717) is 25.6 Å². The van der Waals surface area contributed by atoms with Crippen molar-refractivity contribution in [3.05, 3.63) is 95.9 Å². The first-order valence-corrected chi connectivity index (χ1v) is 12.7. The Morgan fingerprint density at radius 2 is 1.72 bits per heavy atom. The number of H-pyrrole nitrogens is 1. The number of rotatable bonds is 7. The number of esters is 1. The molecule has 0 fully saturated rings. The molecule has 10 nitrogen and oxygen atoms in total. The Morgan fingerprint density at radius 1 is 0.974 bits per heavy atom. The van der Waals surface area contributed by atoms with Crippen LogP contribution >= 0.6 is 0 Å². The molecule has 0 unspecified atom stereocenters. The van der Waals surface area contributed by atoms with Gasteiger partial charge >= 0.3 is 5.97 Å². The number of tetrazole rings is 1. The second kappa shape index (κ2) is 10.5. The number of carbonyl (C=O) groups excluding carboxylic acids is 1. The molecule has 0 amide bonds. The smallest absolute Gasteiger partial charge is 0.319 e. The van der Waals surface area contributed by atoms with Crippen LogP contribution < -0.4 is 4.90 Å². The van der Waals surface area contributed by atoms with Crippen LogP contribution in [0, 0.1) is 6.92 Å². The topological polar surface area (TPSA) is 105 Å². The maximum Gasteiger partial charge on any atom is 0.319 e. The third-order valence-electron chi connectivity index (χ3n) is 6.99. The number of hydrogen-bond donors (Lipinski definition) is 1. The Hall–Kier alpha value is -4.83. The van der Waals surface area contributed by atoms with Crippen molar-refractivity contribution in [3.63, 3.8) is 0 Å². The Labute approximate surface area is 225 Å². The van der Waals surface area contributed by atoms with E-state index in [2.05, 4.69) is 77.5 Å². The third-order valence-corrected chi connectivity index (χ3v) is 6.99. The van der Waals surface area contributed by atoms with Crippen molar-refractivity contribution >= 4 is 17.5 Å². The first kappa shape index (κ1) is 24.5. The summed E-state index contributed by atoms with van der Waals surface area (Å²) in [6.07, 6.45) is 0. The number of ether oxygens (including phenoxy) is 1. The molecule has 5 aromatic rings. The van der Waals surface area contributed by atoms with Gasteiger partial charge in [0.15, 0.2) is 11.6 Å². The first-order valence-electron chi connectivity index (χ1n) is 12.7. The van der Waals surface area contributed by atoms with Crippen molar-refractivity contribution in [2.24, 2.45) is 0 Å². The summed E-state index contributed by atoms with van der Waals surface area (Å²) in [6, 6.07) is 26.7. The molecular formula is C29H28N8O2. The van der Waals surface area contributed by atoms with Gasteiger partial charge in [0.25, 0.3) is 0 Å². The van der Waals surface area contributed by atoms with E-state index < -0.39 is 0 Å². The van der Waals surface area contributed by atoms with Gasteiger partial charge in [0.05, 0.1) is 26.0 Å². The van der Waals surface area contributed by atoms with Gasteiger partial charge in [-0.1, -0.05) is 66.7 Å². The van der Waals surface area contributed by atoms with Gasteiger partial charge in [-0.05, 0) is 46.2 Å². The largest absolute Gasteiger partial charge is 0.468 e. The zero-order valence-corrected chi connectivity index (χ0v) is 21.8. The lowest BCUT2D eigenvalue weighted by molar-refractivity contribution is -0.142. The van der Waals surface area contributed by atoms with Gasteiger partial charge in [-0.15, -0.1) is 5.10 Å². The molecule has 2 aromatic heterocycles. The predicted octanol–water partition coefficient (Wildman–Crippen LogP) is 4.17. The number of para-hydroxylation sites is 1. The van der Waals surface area contributed by atoms with Gasteiger partial charge in [0, 0.05) is 24.3 Å². The molecule has 1 aliphatic rings. The summed E-state index contributed by atoms with van der Waals surface area (Å²) in [7, 11) is 1.42. The Kier molecular flexibility index (Phi) is 6.60. The normalized spacial score (nSPS) is 13.3. The van der Waals surface area contributed by atoms with E-state index in [1.54, 1.807) is 0 Å². The number of hydrogen-bond acceptors (Lipinski definition) is 8. The van der Waals surface area contributed by atoms with Gasteiger partial charge in [0.1, 0.15) is 5.82 Å². The molecule has 0 bridgehead atoms. The number of aromatic nitrogens is 6. The highest BCUT2D eigenvalue weighted by atomic mass is 16.5. The lowest BCUT2D eigenvalue weighted by Crippen LogP contribution is -2.43. The fourth-order valence-corrected chi connectivity index (χ4v) is 5.06. The van der Waals surface area contributed by atoms with E-state index in [4.69, 9.17) is 9.72 Å². The van der Waals surface area contributed by atoms with Crippen LogP contribution in [0.25, 0.3) is 22.5 Å². The summed E-state index contributed by atoms with van der Waals surface area (Å²) in [6.45, 7) is 4.06. The van der Waals surface area contributed by atoms with Crippen LogP contribution in [-0.2, 0) is 22.6 Å². The lowest BCUT2D eigenvalue weighted by Gasteiger charge is -2.35. The van der Waals surface area contributed by atoms with E-state index in [0.717, 1.165) is 45.3 Å². The maximum absolute atomic E-state index is 12.1. The zero-order chi connectivity index (χ0) is 26.8. The van der Waals surface area contributed by atoms with Crippen molar-refractivity contribution in [2.75, 3.05) is 25.2 Å². The molecule has 0 spiro atoms.